The van der Waals surface area contributed by atoms with Crippen molar-refractivity contribution in [2.24, 2.45) is 4.99 Å². The number of nitrogens with one attached hydrogen (secondary N) is 1. The molecule has 1 aliphatic rings. The zero-order valence-electron chi connectivity index (χ0n) is 10.2. The zero-order chi connectivity index (χ0) is 13.8. The third-order valence-corrected chi connectivity index (χ3v) is 5.07. The molecule has 0 saturated heterocycles. The highest BCUT2D eigenvalue weighted by Crippen LogP contribution is 2.27. The Labute approximate surface area is 130 Å². The Bertz CT molecular complexity index is 502. The fourth-order valence-electron chi connectivity index (χ4n) is 1.46. The lowest BCUT2D eigenvalue weighted by atomic mass is 10.3. The molecule has 1 unspecified atom stereocenters. The van der Waals surface area contributed by atoms with E-state index >= 15 is 0 Å². The molecule has 1 aliphatic heterocycles. The van der Waals surface area contributed by atoms with Crippen LogP contribution in [0.3, 0.4) is 0 Å². The summed E-state index contributed by atoms with van der Waals surface area (Å²) in [5.41, 5.74) is 0.607. The predicted octanol–water partition coefficient (Wildman–Crippen LogP) is 4.16. The summed E-state index contributed by atoms with van der Waals surface area (Å²) in [6, 6.07) is 4.97. The molecule has 102 valence electrons. The number of carbonyl (C=O) groups excluding carboxylic acids is 1. The van der Waals surface area contributed by atoms with E-state index in [0.29, 0.717) is 15.7 Å². The smallest absolute Gasteiger partial charge is 0.237 e. The Hall–Kier alpha value is -0.360. The van der Waals surface area contributed by atoms with Gasteiger partial charge in [0.1, 0.15) is 4.38 Å². The van der Waals surface area contributed by atoms with E-state index in [9.17, 15) is 4.79 Å². The van der Waals surface area contributed by atoms with Crippen molar-refractivity contribution < 1.29 is 4.79 Å². The molecule has 1 aromatic carbocycles. The standard InChI is InChI=1S/C12H12Cl2N2OS2/c1-7(19-12-15-2-3-18-12)11(17)16-10-5-8(13)4-9(14)6-10/h4-7H,2-3H2,1H3,(H,16,17). The summed E-state index contributed by atoms with van der Waals surface area (Å²) in [7, 11) is 0. The molecule has 0 spiro atoms. The van der Waals surface area contributed by atoms with Gasteiger partial charge in [-0.2, -0.15) is 0 Å². The predicted molar refractivity (Wildman–Crippen MR) is 86.9 cm³/mol. The van der Waals surface area contributed by atoms with Gasteiger partial charge in [-0.15, -0.1) is 0 Å². The molecule has 19 heavy (non-hydrogen) atoms. The Morgan fingerprint density at radius 3 is 2.68 bits per heavy atom. The molecule has 1 N–H and O–H groups in total. The van der Waals surface area contributed by atoms with Crippen LogP contribution in [0.4, 0.5) is 5.69 Å². The minimum absolute atomic E-state index is 0.0847. The summed E-state index contributed by atoms with van der Waals surface area (Å²) < 4.78 is 0.978. The topological polar surface area (TPSA) is 41.5 Å². The van der Waals surface area contributed by atoms with Crippen LogP contribution in [0, 0.1) is 0 Å². The molecule has 0 saturated carbocycles. The molecular weight excluding hydrogens is 323 g/mol. The molecule has 0 bridgehead atoms. The van der Waals surface area contributed by atoms with Gasteiger partial charge in [0.15, 0.2) is 0 Å². The van der Waals surface area contributed by atoms with Gasteiger partial charge in [0, 0.05) is 21.5 Å². The lowest BCUT2D eigenvalue weighted by Gasteiger charge is -2.12. The van der Waals surface area contributed by atoms with Crippen LogP contribution in [0.1, 0.15) is 6.92 Å². The van der Waals surface area contributed by atoms with Gasteiger partial charge in [0.25, 0.3) is 0 Å². The average molecular weight is 335 g/mol. The molecule has 7 heteroatoms. The SMILES string of the molecule is CC(SC1=NCCS1)C(=O)Nc1cc(Cl)cc(Cl)c1. The third-order valence-electron chi connectivity index (χ3n) is 2.33. The number of rotatable bonds is 3. The highest BCUT2D eigenvalue weighted by Gasteiger charge is 2.19. The Balaban J connectivity index is 1.95. The van der Waals surface area contributed by atoms with E-state index in [4.69, 9.17) is 23.2 Å². The van der Waals surface area contributed by atoms with E-state index in [1.807, 2.05) is 6.92 Å². The average Bonchev–Trinajstić information content (AvgIpc) is 2.80. The molecule has 0 aliphatic carbocycles. The van der Waals surface area contributed by atoms with Crippen LogP contribution in [-0.2, 0) is 4.79 Å². The summed E-state index contributed by atoms with van der Waals surface area (Å²) in [6.07, 6.45) is 0. The number of hydrogen-bond donors (Lipinski definition) is 1. The molecular formula is C12H12Cl2N2OS2. The molecule has 1 aromatic rings. The van der Waals surface area contributed by atoms with Gasteiger partial charge >= 0.3 is 0 Å². The number of halogens is 2. The molecule has 1 atom stereocenters. The normalized spacial score (nSPS) is 16.1. The van der Waals surface area contributed by atoms with Crippen LogP contribution in [0.5, 0.6) is 0 Å². The lowest BCUT2D eigenvalue weighted by molar-refractivity contribution is -0.115. The van der Waals surface area contributed by atoms with Crippen molar-refractivity contribution in [3.05, 3.63) is 28.2 Å². The van der Waals surface area contributed by atoms with Crippen molar-refractivity contribution in [1.82, 2.24) is 0 Å². The second kappa shape index (κ2) is 6.88. The summed E-state index contributed by atoms with van der Waals surface area (Å²) in [5, 5.41) is 3.60. The fourth-order valence-corrected chi connectivity index (χ4v) is 4.12. The van der Waals surface area contributed by atoms with E-state index in [2.05, 4.69) is 10.3 Å². The number of thioether (sulfide) groups is 2. The van der Waals surface area contributed by atoms with Gasteiger partial charge in [-0.3, -0.25) is 9.79 Å². The van der Waals surface area contributed by atoms with E-state index in [-0.39, 0.29) is 11.2 Å². The number of hydrogen-bond acceptors (Lipinski definition) is 4. The van der Waals surface area contributed by atoms with Crippen molar-refractivity contribution in [2.45, 2.75) is 12.2 Å². The van der Waals surface area contributed by atoms with Gasteiger partial charge in [0.05, 0.1) is 11.8 Å². The van der Waals surface area contributed by atoms with E-state index in [1.165, 1.54) is 11.8 Å². The molecule has 1 amide bonds. The van der Waals surface area contributed by atoms with E-state index in [1.54, 1.807) is 30.0 Å². The number of nitrogens with zero attached hydrogens (tertiary/aromatic N) is 1. The first-order valence-electron chi connectivity index (χ1n) is 5.65. The monoisotopic (exact) mass is 334 g/mol. The van der Waals surface area contributed by atoms with Crippen LogP contribution in [0.2, 0.25) is 10.0 Å². The third kappa shape index (κ3) is 4.60. The van der Waals surface area contributed by atoms with E-state index in [0.717, 1.165) is 16.7 Å². The Kier molecular flexibility index (Phi) is 5.45. The molecule has 0 radical (unpaired) electrons. The first kappa shape index (κ1) is 15.0. The van der Waals surface area contributed by atoms with Crippen LogP contribution >= 0.6 is 46.7 Å². The van der Waals surface area contributed by atoms with E-state index < -0.39 is 0 Å². The van der Waals surface area contributed by atoms with Crippen LogP contribution in [0.15, 0.2) is 23.2 Å². The molecule has 0 fully saturated rings. The van der Waals surface area contributed by atoms with Gasteiger partial charge < -0.3 is 5.32 Å². The number of anilines is 1. The first-order chi connectivity index (χ1) is 9.04. The summed E-state index contributed by atoms with van der Waals surface area (Å²) in [6.45, 7) is 2.69. The van der Waals surface area contributed by atoms with Gasteiger partial charge in [0.2, 0.25) is 5.91 Å². The van der Waals surface area contributed by atoms with Crippen LogP contribution < -0.4 is 5.32 Å². The molecule has 2 rings (SSSR count). The molecule has 0 aromatic heterocycles. The highest BCUT2D eigenvalue weighted by molar-refractivity contribution is 8.39. The summed E-state index contributed by atoms with van der Waals surface area (Å²) in [5.74, 6) is 0.916. The summed E-state index contributed by atoms with van der Waals surface area (Å²) >= 11 is 14.9. The van der Waals surface area contributed by atoms with Gasteiger partial charge in [-0.25, -0.2) is 0 Å². The van der Waals surface area contributed by atoms with Crippen LogP contribution in [0.25, 0.3) is 0 Å². The quantitative estimate of drug-likeness (QED) is 0.902. The van der Waals surface area contributed by atoms with Crippen molar-refractivity contribution in [3.8, 4) is 0 Å². The van der Waals surface area contributed by atoms with Crippen molar-refractivity contribution in [2.75, 3.05) is 17.6 Å². The number of carbonyl (C=O) groups is 1. The minimum Gasteiger partial charge on any atom is -0.325 e. The minimum atomic E-state index is -0.206. The number of aliphatic imine (C=N–C) groups is 1. The number of benzene rings is 1. The zero-order valence-corrected chi connectivity index (χ0v) is 13.3. The Morgan fingerprint density at radius 1 is 1.42 bits per heavy atom. The first-order valence-corrected chi connectivity index (χ1v) is 8.27. The maximum atomic E-state index is 12.0. The summed E-state index contributed by atoms with van der Waals surface area (Å²) in [4.78, 5) is 16.4. The maximum absolute atomic E-state index is 12.0. The van der Waals surface area contributed by atoms with Crippen LogP contribution in [-0.4, -0.2) is 27.8 Å². The Morgan fingerprint density at radius 2 is 2.11 bits per heavy atom. The molecule has 3 nitrogen and oxygen atoms in total. The second-order valence-corrected chi connectivity index (χ2v) is 7.45. The maximum Gasteiger partial charge on any atom is 0.237 e. The van der Waals surface area contributed by atoms with Crippen molar-refractivity contribution in [1.29, 1.82) is 0 Å². The van der Waals surface area contributed by atoms with Gasteiger partial charge in [-0.05, 0) is 25.1 Å². The highest BCUT2D eigenvalue weighted by atomic mass is 35.5. The van der Waals surface area contributed by atoms with Crippen molar-refractivity contribution in [3.63, 3.8) is 0 Å². The van der Waals surface area contributed by atoms with Crippen molar-refractivity contribution >= 4 is 62.7 Å². The molecule has 1 heterocycles. The lowest BCUT2D eigenvalue weighted by Crippen LogP contribution is -2.23. The largest absolute Gasteiger partial charge is 0.325 e. The van der Waals surface area contributed by atoms with Gasteiger partial charge in [-0.1, -0.05) is 46.7 Å². The number of amides is 1. The second-order valence-electron chi connectivity index (χ2n) is 3.90. The fraction of sp³-hybridized carbons (Fsp3) is 0.333.